The maximum atomic E-state index is 12.5. The van der Waals surface area contributed by atoms with Gasteiger partial charge in [0.2, 0.25) is 11.8 Å². The molecular formula is C20H31N3O3. The van der Waals surface area contributed by atoms with Crippen molar-refractivity contribution in [2.24, 2.45) is 5.73 Å². The van der Waals surface area contributed by atoms with Gasteiger partial charge in [-0.3, -0.25) is 9.59 Å². The van der Waals surface area contributed by atoms with Crippen molar-refractivity contribution in [1.29, 1.82) is 0 Å². The third kappa shape index (κ3) is 6.33. The summed E-state index contributed by atoms with van der Waals surface area (Å²) in [6, 6.07) is 7.59. The summed E-state index contributed by atoms with van der Waals surface area (Å²) in [7, 11) is 1.62. The molecule has 0 aliphatic carbocycles. The van der Waals surface area contributed by atoms with Crippen LogP contribution in [0.5, 0.6) is 5.75 Å². The molecule has 1 aliphatic heterocycles. The van der Waals surface area contributed by atoms with Gasteiger partial charge in [-0.05, 0) is 37.1 Å². The standard InChI is InChI=1S/C20H31N3O3/c1-26-18-8-6-7-17(15-18)16-20(25)23-13-11-22(12-14-23)19(24)9-4-2-3-5-10-21/h6-8,15H,2-5,9-14,16,21H2,1H3. The predicted molar refractivity (Wildman–Crippen MR) is 102 cm³/mol. The minimum absolute atomic E-state index is 0.104. The third-order valence-corrected chi connectivity index (χ3v) is 4.82. The van der Waals surface area contributed by atoms with Gasteiger partial charge in [-0.25, -0.2) is 0 Å². The first-order valence-electron chi connectivity index (χ1n) is 9.52. The molecule has 0 bridgehead atoms. The first kappa shape index (κ1) is 20.2. The smallest absolute Gasteiger partial charge is 0.227 e. The molecule has 6 heteroatoms. The second-order valence-electron chi connectivity index (χ2n) is 6.74. The zero-order valence-electron chi connectivity index (χ0n) is 15.8. The Morgan fingerprint density at radius 3 is 2.31 bits per heavy atom. The second kappa shape index (κ2) is 10.8. The number of ether oxygens (including phenoxy) is 1. The van der Waals surface area contributed by atoms with Gasteiger partial charge in [0.05, 0.1) is 13.5 Å². The summed E-state index contributed by atoms with van der Waals surface area (Å²) < 4.78 is 5.20. The lowest BCUT2D eigenvalue weighted by Crippen LogP contribution is -2.50. The van der Waals surface area contributed by atoms with E-state index in [4.69, 9.17) is 10.5 Å². The van der Waals surface area contributed by atoms with E-state index >= 15 is 0 Å². The van der Waals surface area contributed by atoms with E-state index in [1.54, 1.807) is 7.11 Å². The van der Waals surface area contributed by atoms with Gasteiger partial charge in [0.25, 0.3) is 0 Å². The summed E-state index contributed by atoms with van der Waals surface area (Å²) in [6.07, 6.45) is 5.07. The number of nitrogens with two attached hydrogens (primary N) is 1. The highest BCUT2D eigenvalue weighted by atomic mass is 16.5. The van der Waals surface area contributed by atoms with Gasteiger partial charge >= 0.3 is 0 Å². The first-order chi connectivity index (χ1) is 12.6. The number of hydrogen-bond donors (Lipinski definition) is 1. The molecule has 1 aromatic rings. The zero-order chi connectivity index (χ0) is 18.8. The van der Waals surface area contributed by atoms with E-state index in [1.807, 2.05) is 34.1 Å². The van der Waals surface area contributed by atoms with E-state index in [1.165, 1.54) is 0 Å². The van der Waals surface area contributed by atoms with E-state index < -0.39 is 0 Å². The molecule has 0 unspecified atom stereocenters. The summed E-state index contributed by atoms with van der Waals surface area (Å²) in [5, 5.41) is 0. The van der Waals surface area contributed by atoms with Crippen molar-refractivity contribution in [3.05, 3.63) is 29.8 Å². The molecule has 144 valence electrons. The Labute approximate surface area is 156 Å². The number of carbonyl (C=O) groups is 2. The van der Waals surface area contributed by atoms with Gasteiger partial charge < -0.3 is 20.3 Å². The minimum Gasteiger partial charge on any atom is -0.497 e. The highest BCUT2D eigenvalue weighted by Gasteiger charge is 2.23. The van der Waals surface area contributed by atoms with Crippen LogP contribution in [0.2, 0.25) is 0 Å². The molecule has 0 spiro atoms. The van der Waals surface area contributed by atoms with E-state index in [9.17, 15) is 9.59 Å². The molecule has 1 fully saturated rings. The summed E-state index contributed by atoms with van der Waals surface area (Å²) in [6.45, 7) is 3.21. The Bertz CT molecular complexity index is 583. The molecule has 2 rings (SSSR count). The Morgan fingerprint density at radius 1 is 1.00 bits per heavy atom. The van der Waals surface area contributed by atoms with Crippen LogP contribution in [0.3, 0.4) is 0 Å². The molecule has 6 nitrogen and oxygen atoms in total. The molecule has 1 aromatic carbocycles. The maximum Gasteiger partial charge on any atom is 0.227 e. The summed E-state index contributed by atoms with van der Waals surface area (Å²) in [4.78, 5) is 28.5. The van der Waals surface area contributed by atoms with Gasteiger partial charge in [-0.15, -0.1) is 0 Å². The summed E-state index contributed by atoms with van der Waals surface area (Å²) >= 11 is 0. The highest BCUT2D eigenvalue weighted by molar-refractivity contribution is 5.80. The monoisotopic (exact) mass is 361 g/mol. The number of methoxy groups -OCH3 is 1. The molecule has 2 N–H and O–H groups in total. The summed E-state index contributed by atoms with van der Waals surface area (Å²) in [5.41, 5.74) is 6.42. The van der Waals surface area contributed by atoms with Crippen molar-refractivity contribution in [3.8, 4) is 5.75 Å². The second-order valence-corrected chi connectivity index (χ2v) is 6.74. The van der Waals surface area contributed by atoms with E-state index in [-0.39, 0.29) is 11.8 Å². The molecule has 1 saturated heterocycles. The molecule has 2 amide bonds. The molecule has 0 atom stereocenters. The van der Waals surface area contributed by atoms with Crippen LogP contribution in [-0.2, 0) is 16.0 Å². The topological polar surface area (TPSA) is 75.9 Å². The lowest BCUT2D eigenvalue weighted by atomic mass is 10.1. The first-order valence-corrected chi connectivity index (χ1v) is 9.52. The third-order valence-electron chi connectivity index (χ3n) is 4.82. The Balaban J connectivity index is 1.71. The number of carbonyl (C=O) groups excluding carboxylic acids is 2. The average molecular weight is 361 g/mol. The Hall–Kier alpha value is -2.08. The van der Waals surface area contributed by atoms with Gasteiger partial charge in [0.15, 0.2) is 0 Å². The molecular weight excluding hydrogens is 330 g/mol. The Morgan fingerprint density at radius 2 is 1.65 bits per heavy atom. The van der Waals surface area contributed by atoms with E-state index in [2.05, 4.69) is 0 Å². The fourth-order valence-corrected chi connectivity index (χ4v) is 3.21. The lowest BCUT2D eigenvalue weighted by Gasteiger charge is -2.35. The van der Waals surface area contributed by atoms with Crippen LogP contribution in [0.1, 0.15) is 37.7 Å². The molecule has 1 aliphatic rings. The number of benzene rings is 1. The predicted octanol–water partition coefficient (Wildman–Crippen LogP) is 1.82. The molecule has 0 aromatic heterocycles. The van der Waals surface area contributed by atoms with E-state index in [0.717, 1.165) is 43.5 Å². The number of rotatable bonds is 9. The van der Waals surface area contributed by atoms with Crippen LogP contribution in [0.4, 0.5) is 0 Å². The molecule has 1 heterocycles. The fourth-order valence-electron chi connectivity index (χ4n) is 3.21. The van der Waals surface area contributed by atoms with Gasteiger partial charge in [0, 0.05) is 32.6 Å². The summed E-state index contributed by atoms with van der Waals surface area (Å²) in [5.74, 6) is 1.07. The van der Waals surface area contributed by atoms with Crippen LogP contribution in [0, 0.1) is 0 Å². The maximum absolute atomic E-state index is 12.5. The Kier molecular flexibility index (Phi) is 8.41. The molecule has 26 heavy (non-hydrogen) atoms. The van der Waals surface area contributed by atoms with E-state index in [0.29, 0.717) is 39.0 Å². The number of nitrogens with zero attached hydrogens (tertiary/aromatic N) is 2. The number of piperazine rings is 1. The van der Waals surface area contributed by atoms with Crippen LogP contribution < -0.4 is 10.5 Å². The van der Waals surface area contributed by atoms with Crippen LogP contribution in [-0.4, -0.2) is 61.4 Å². The highest BCUT2D eigenvalue weighted by Crippen LogP contribution is 2.15. The van der Waals surface area contributed by atoms with Crippen molar-refractivity contribution in [1.82, 2.24) is 9.80 Å². The van der Waals surface area contributed by atoms with Crippen molar-refractivity contribution < 1.29 is 14.3 Å². The molecule has 0 radical (unpaired) electrons. The normalized spacial score (nSPS) is 14.4. The lowest BCUT2D eigenvalue weighted by molar-refractivity contribution is -0.139. The number of hydrogen-bond acceptors (Lipinski definition) is 4. The van der Waals surface area contributed by atoms with Crippen molar-refractivity contribution >= 4 is 11.8 Å². The van der Waals surface area contributed by atoms with Crippen LogP contribution in [0.15, 0.2) is 24.3 Å². The van der Waals surface area contributed by atoms with Gasteiger partial charge in [0.1, 0.15) is 5.75 Å². The number of unbranched alkanes of at least 4 members (excludes halogenated alkanes) is 3. The number of amides is 2. The van der Waals surface area contributed by atoms with Crippen LogP contribution in [0.25, 0.3) is 0 Å². The quantitative estimate of drug-likeness (QED) is 0.681. The van der Waals surface area contributed by atoms with Gasteiger partial charge in [-0.2, -0.15) is 0 Å². The zero-order valence-corrected chi connectivity index (χ0v) is 15.8. The SMILES string of the molecule is COc1cccc(CC(=O)N2CCN(C(=O)CCCCCCN)CC2)c1. The fraction of sp³-hybridized carbons (Fsp3) is 0.600. The van der Waals surface area contributed by atoms with Crippen molar-refractivity contribution in [2.45, 2.75) is 38.5 Å². The molecule has 0 saturated carbocycles. The minimum atomic E-state index is 0.104. The van der Waals surface area contributed by atoms with Crippen LogP contribution >= 0.6 is 0 Å². The van der Waals surface area contributed by atoms with Crippen molar-refractivity contribution in [3.63, 3.8) is 0 Å². The largest absolute Gasteiger partial charge is 0.497 e. The average Bonchev–Trinajstić information content (AvgIpc) is 2.68. The van der Waals surface area contributed by atoms with Gasteiger partial charge in [-0.1, -0.05) is 25.0 Å². The van der Waals surface area contributed by atoms with Crippen molar-refractivity contribution in [2.75, 3.05) is 39.8 Å².